The lowest BCUT2D eigenvalue weighted by atomic mass is 9.93. The van der Waals surface area contributed by atoms with Gasteiger partial charge < -0.3 is 9.84 Å². The van der Waals surface area contributed by atoms with Crippen LogP contribution in [0.3, 0.4) is 0 Å². The van der Waals surface area contributed by atoms with Crippen LogP contribution in [0.5, 0.6) is 0 Å². The second-order valence-corrected chi connectivity index (χ2v) is 4.51. The van der Waals surface area contributed by atoms with E-state index in [2.05, 4.69) is 20.7 Å². The first-order chi connectivity index (χ1) is 8.01. The van der Waals surface area contributed by atoms with Crippen molar-refractivity contribution in [3.05, 3.63) is 34.1 Å². The molecule has 1 aromatic rings. The summed E-state index contributed by atoms with van der Waals surface area (Å²) in [5, 5.41) is 10.0. The van der Waals surface area contributed by atoms with E-state index >= 15 is 0 Å². The highest BCUT2D eigenvalue weighted by Crippen LogP contribution is 2.28. The van der Waals surface area contributed by atoms with Crippen molar-refractivity contribution in [1.82, 2.24) is 0 Å². The van der Waals surface area contributed by atoms with Crippen molar-refractivity contribution >= 4 is 21.9 Å². The Hall–Kier alpha value is -0.940. The van der Waals surface area contributed by atoms with Crippen molar-refractivity contribution < 1.29 is 19.0 Å². The number of benzene rings is 1. The Balaban J connectivity index is 2.97. The van der Waals surface area contributed by atoms with Crippen LogP contribution >= 0.6 is 15.9 Å². The van der Waals surface area contributed by atoms with Crippen molar-refractivity contribution in [3.63, 3.8) is 0 Å². The minimum atomic E-state index is -1.06. The Morgan fingerprint density at radius 1 is 1.59 bits per heavy atom. The number of aliphatic hydroxyl groups is 1. The number of hydrogen-bond acceptors (Lipinski definition) is 3. The highest BCUT2D eigenvalue weighted by atomic mass is 79.9. The fourth-order valence-corrected chi connectivity index (χ4v) is 1.85. The molecular formula is C12H14BrFO3. The van der Waals surface area contributed by atoms with Gasteiger partial charge in [-0.2, -0.15) is 0 Å². The molecule has 0 aliphatic rings. The molecule has 1 aromatic carbocycles. The largest absolute Gasteiger partial charge is 0.469 e. The van der Waals surface area contributed by atoms with Gasteiger partial charge >= 0.3 is 5.97 Å². The smallest absolute Gasteiger partial charge is 0.311 e. The van der Waals surface area contributed by atoms with E-state index in [1.165, 1.54) is 19.2 Å². The average Bonchev–Trinajstić information content (AvgIpc) is 2.33. The van der Waals surface area contributed by atoms with Gasteiger partial charge in [0, 0.05) is 0 Å². The van der Waals surface area contributed by atoms with Crippen LogP contribution in [-0.2, 0) is 9.53 Å². The van der Waals surface area contributed by atoms with Gasteiger partial charge in [-0.25, -0.2) is 4.39 Å². The standard InChI is InChI=1S/C12H14BrFO3/c1-3-8(12(16)17-2)11(15)7-4-5-9(13)10(14)6-7/h4-6,8,11,15H,3H2,1-2H3. The van der Waals surface area contributed by atoms with Gasteiger partial charge in [0.25, 0.3) is 0 Å². The van der Waals surface area contributed by atoms with E-state index in [1.54, 1.807) is 13.0 Å². The summed E-state index contributed by atoms with van der Waals surface area (Å²) in [5.41, 5.74) is 0.364. The topological polar surface area (TPSA) is 46.5 Å². The maximum absolute atomic E-state index is 13.3. The number of methoxy groups -OCH3 is 1. The molecule has 5 heteroatoms. The van der Waals surface area contributed by atoms with Crippen LogP contribution in [0.1, 0.15) is 25.0 Å². The fraction of sp³-hybridized carbons (Fsp3) is 0.417. The van der Waals surface area contributed by atoms with Crippen LogP contribution in [0, 0.1) is 11.7 Å². The molecule has 1 rings (SSSR count). The van der Waals surface area contributed by atoms with Crippen LogP contribution in [0.15, 0.2) is 22.7 Å². The van der Waals surface area contributed by atoms with Gasteiger partial charge in [0.05, 0.1) is 23.6 Å². The summed E-state index contributed by atoms with van der Waals surface area (Å²) in [7, 11) is 1.26. The lowest BCUT2D eigenvalue weighted by Crippen LogP contribution is -2.23. The highest BCUT2D eigenvalue weighted by molar-refractivity contribution is 9.10. The molecule has 0 aliphatic heterocycles. The molecule has 0 saturated heterocycles. The second kappa shape index (κ2) is 6.12. The summed E-state index contributed by atoms with van der Waals surface area (Å²) in [6, 6.07) is 4.28. The quantitative estimate of drug-likeness (QED) is 0.870. The summed E-state index contributed by atoms with van der Waals surface area (Å²) in [6.07, 6.45) is -0.638. The number of aliphatic hydroxyl groups excluding tert-OH is 1. The molecule has 3 nitrogen and oxygen atoms in total. The SMILES string of the molecule is CCC(C(=O)OC)C(O)c1ccc(Br)c(F)c1. The van der Waals surface area contributed by atoms with Crippen molar-refractivity contribution in [1.29, 1.82) is 0 Å². The lowest BCUT2D eigenvalue weighted by molar-refractivity contribution is -0.149. The normalized spacial score (nSPS) is 14.2. The number of carbonyl (C=O) groups is 1. The molecule has 2 unspecified atom stereocenters. The molecule has 0 fully saturated rings. The van der Waals surface area contributed by atoms with Gasteiger partial charge in [-0.3, -0.25) is 4.79 Å². The number of rotatable bonds is 4. The maximum Gasteiger partial charge on any atom is 0.311 e. The summed E-state index contributed by atoms with van der Waals surface area (Å²) < 4.78 is 18.2. The zero-order valence-electron chi connectivity index (χ0n) is 9.61. The number of halogens is 2. The molecule has 0 spiro atoms. The predicted octanol–water partition coefficient (Wildman–Crippen LogP) is 2.82. The zero-order valence-corrected chi connectivity index (χ0v) is 11.2. The third-order valence-corrected chi connectivity index (χ3v) is 3.25. The first-order valence-electron chi connectivity index (χ1n) is 5.22. The highest BCUT2D eigenvalue weighted by Gasteiger charge is 2.27. The molecule has 0 saturated carbocycles. The fourth-order valence-electron chi connectivity index (χ4n) is 1.60. The molecule has 0 bridgehead atoms. The van der Waals surface area contributed by atoms with Crippen molar-refractivity contribution in [2.24, 2.45) is 5.92 Å². The first kappa shape index (κ1) is 14.1. The van der Waals surface area contributed by atoms with E-state index in [-0.39, 0.29) is 0 Å². The van der Waals surface area contributed by atoms with E-state index in [0.717, 1.165) is 0 Å². The molecule has 17 heavy (non-hydrogen) atoms. The summed E-state index contributed by atoms with van der Waals surface area (Å²) in [6.45, 7) is 1.76. The second-order valence-electron chi connectivity index (χ2n) is 3.66. The summed E-state index contributed by atoms with van der Waals surface area (Å²) >= 11 is 3.03. The lowest BCUT2D eigenvalue weighted by Gasteiger charge is -2.19. The summed E-state index contributed by atoms with van der Waals surface area (Å²) in [4.78, 5) is 11.4. The van der Waals surface area contributed by atoms with Gasteiger partial charge in [-0.1, -0.05) is 13.0 Å². The molecule has 94 valence electrons. The summed E-state index contributed by atoms with van der Waals surface area (Å²) in [5.74, 6) is -1.65. The Morgan fingerprint density at radius 3 is 2.71 bits per heavy atom. The Kier molecular flexibility index (Phi) is 5.08. The number of carbonyl (C=O) groups excluding carboxylic acids is 1. The predicted molar refractivity (Wildman–Crippen MR) is 64.9 cm³/mol. The average molecular weight is 305 g/mol. The molecule has 0 heterocycles. The van der Waals surface area contributed by atoms with E-state index in [9.17, 15) is 14.3 Å². The maximum atomic E-state index is 13.3. The minimum absolute atomic E-state index is 0.319. The first-order valence-corrected chi connectivity index (χ1v) is 6.01. The van der Waals surface area contributed by atoms with E-state index in [4.69, 9.17) is 0 Å². The van der Waals surface area contributed by atoms with Crippen LogP contribution in [0.4, 0.5) is 4.39 Å². The van der Waals surface area contributed by atoms with E-state index < -0.39 is 23.8 Å². The van der Waals surface area contributed by atoms with E-state index in [1.807, 2.05) is 0 Å². The van der Waals surface area contributed by atoms with Gasteiger partial charge in [-0.15, -0.1) is 0 Å². The third-order valence-electron chi connectivity index (χ3n) is 2.61. The molecule has 0 aromatic heterocycles. The van der Waals surface area contributed by atoms with Crippen molar-refractivity contribution in [2.45, 2.75) is 19.4 Å². The van der Waals surface area contributed by atoms with Gasteiger partial charge in [0.2, 0.25) is 0 Å². The van der Waals surface area contributed by atoms with Crippen molar-refractivity contribution in [2.75, 3.05) is 7.11 Å². The minimum Gasteiger partial charge on any atom is -0.469 e. The molecule has 1 N–H and O–H groups in total. The van der Waals surface area contributed by atoms with E-state index in [0.29, 0.717) is 16.5 Å². The van der Waals surface area contributed by atoms with Gasteiger partial charge in [0.15, 0.2) is 0 Å². The number of ether oxygens (including phenoxy) is 1. The Bertz CT molecular complexity index is 409. The molecule has 0 amide bonds. The Labute approximate surface area is 108 Å². The van der Waals surface area contributed by atoms with Crippen LogP contribution < -0.4 is 0 Å². The van der Waals surface area contributed by atoms with Crippen molar-refractivity contribution in [3.8, 4) is 0 Å². The third kappa shape index (κ3) is 3.26. The zero-order chi connectivity index (χ0) is 13.0. The number of hydrogen-bond donors (Lipinski definition) is 1. The number of esters is 1. The van der Waals surface area contributed by atoms with Gasteiger partial charge in [-0.05, 0) is 40.0 Å². The molecule has 0 radical (unpaired) electrons. The van der Waals surface area contributed by atoms with Crippen LogP contribution in [0.2, 0.25) is 0 Å². The van der Waals surface area contributed by atoms with Gasteiger partial charge in [0.1, 0.15) is 5.82 Å². The van der Waals surface area contributed by atoms with Crippen LogP contribution in [-0.4, -0.2) is 18.2 Å². The molecular weight excluding hydrogens is 291 g/mol. The molecule has 2 atom stereocenters. The Morgan fingerprint density at radius 2 is 2.24 bits per heavy atom. The molecule has 0 aliphatic carbocycles. The van der Waals surface area contributed by atoms with Crippen LogP contribution in [0.25, 0.3) is 0 Å². The monoisotopic (exact) mass is 304 g/mol.